The molecule has 1 aromatic heterocycles. The van der Waals surface area contributed by atoms with Crippen LogP contribution in [0.25, 0.3) is 0 Å². The Morgan fingerprint density at radius 1 is 0.969 bits per heavy atom. The molecule has 32 heavy (non-hydrogen) atoms. The number of hydrogen-bond acceptors (Lipinski definition) is 7. The predicted molar refractivity (Wildman–Crippen MR) is 118 cm³/mol. The highest BCUT2D eigenvalue weighted by atomic mass is 16.5. The quantitative estimate of drug-likeness (QED) is 0.633. The number of methoxy groups -OCH3 is 3. The number of para-hydroxylation sites is 1. The van der Waals surface area contributed by atoms with Crippen LogP contribution in [0.2, 0.25) is 0 Å². The molecule has 8 heteroatoms. The van der Waals surface area contributed by atoms with Crippen LogP contribution in [-0.2, 0) is 6.42 Å². The zero-order valence-electron chi connectivity index (χ0n) is 18.0. The van der Waals surface area contributed by atoms with Crippen LogP contribution in [-0.4, -0.2) is 43.0 Å². The van der Waals surface area contributed by atoms with Gasteiger partial charge in [0.2, 0.25) is 5.95 Å². The zero-order valence-corrected chi connectivity index (χ0v) is 18.0. The molecule has 8 nitrogen and oxygen atoms in total. The van der Waals surface area contributed by atoms with Crippen LogP contribution in [0.4, 0.5) is 5.95 Å². The molecular formula is C24H23N3O5. The van der Waals surface area contributed by atoms with Gasteiger partial charge in [-0.3, -0.25) is 14.9 Å². The molecule has 2 aromatic carbocycles. The number of nitrogens with zero attached hydrogens (tertiary/aromatic N) is 2. The number of carbonyl (C=O) groups is 2. The van der Waals surface area contributed by atoms with Gasteiger partial charge in [-0.2, -0.15) is 0 Å². The maximum atomic E-state index is 12.7. The molecule has 0 saturated carbocycles. The van der Waals surface area contributed by atoms with Crippen LogP contribution in [0, 0.1) is 0 Å². The van der Waals surface area contributed by atoms with Gasteiger partial charge in [-0.05, 0) is 42.2 Å². The fourth-order valence-electron chi connectivity index (χ4n) is 3.85. The molecule has 4 rings (SSSR count). The van der Waals surface area contributed by atoms with E-state index >= 15 is 0 Å². The van der Waals surface area contributed by atoms with Crippen molar-refractivity contribution in [2.24, 2.45) is 0 Å². The predicted octanol–water partition coefficient (Wildman–Crippen LogP) is 3.67. The minimum Gasteiger partial charge on any atom is -0.496 e. The van der Waals surface area contributed by atoms with Gasteiger partial charge in [0.1, 0.15) is 5.75 Å². The van der Waals surface area contributed by atoms with Gasteiger partial charge in [0.15, 0.2) is 17.3 Å². The minimum atomic E-state index is -0.388. The van der Waals surface area contributed by atoms with Gasteiger partial charge in [-0.1, -0.05) is 18.2 Å². The summed E-state index contributed by atoms with van der Waals surface area (Å²) >= 11 is 0. The number of anilines is 1. The first kappa shape index (κ1) is 21.3. The lowest BCUT2D eigenvalue weighted by Crippen LogP contribution is -2.22. The number of aromatic nitrogens is 2. The normalized spacial score (nSPS) is 15.0. The first-order chi connectivity index (χ1) is 15.5. The van der Waals surface area contributed by atoms with E-state index in [1.807, 2.05) is 18.2 Å². The molecule has 0 bridgehead atoms. The van der Waals surface area contributed by atoms with E-state index in [0.29, 0.717) is 46.9 Å². The molecule has 1 aliphatic rings. The maximum Gasteiger partial charge on any atom is 0.261 e. The number of ketones is 1. The number of hydrogen-bond donors (Lipinski definition) is 1. The van der Waals surface area contributed by atoms with Crippen LogP contribution in [0.1, 0.15) is 44.3 Å². The summed E-state index contributed by atoms with van der Waals surface area (Å²) in [7, 11) is 4.66. The molecule has 1 heterocycles. The average Bonchev–Trinajstić information content (AvgIpc) is 2.83. The van der Waals surface area contributed by atoms with Gasteiger partial charge < -0.3 is 14.2 Å². The lowest BCUT2D eigenvalue weighted by atomic mass is 9.82. The third-order valence-electron chi connectivity index (χ3n) is 5.50. The number of Topliss-reactive ketones (excluding diaryl/α,β-unsaturated/α-hetero) is 1. The Morgan fingerprint density at radius 2 is 1.72 bits per heavy atom. The van der Waals surface area contributed by atoms with E-state index in [4.69, 9.17) is 14.2 Å². The third-order valence-corrected chi connectivity index (χ3v) is 5.50. The maximum absolute atomic E-state index is 12.7. The molecule has 0 fully saturated rings. The third kappa shape index (κ3) is 4.12. The Labute approximate surface area is 185 Å². The zero-order chi connectivity index (χ0) is 22.7. The Balaban J connectivity index is 1.59. The standard InChI is InChI=1S/C24H23N3O5/c1-30-20-7-5-4-6-16(20)23(29)27-24-25-13-17-18(26-24)10-15(11-19(17)28)14-8-9-21(31-2)22(12-14)32-3/h4-9,12-13,15H,10-11H2,1-3H3,(H,25,26,27,29). The highest BCUT2D eigenvalue weighted by molar-refractivity contribution is 6.05. The van der Waals surface area contributed by atoms with E-state index in [9.17, 15) is 9.59 Å². The molecule has 0 saturated heterocycles. The summed E-state index contributed by atoms with van der Waals surface area (Å²) in [5.41, 5.74) is 2.42. The second-order valence-electron chi connectivity index (χ2n) is 7.35. The summed E-state index contributed by atoms with van der Waals surface area (Å²) in [6, 6.07) is 12.5. The van der Waals surface area contributed by atoms with Gasteiger partial charge in [-0.15, -0.1) is 0 Å². The Bertz CT molecular complexity index is 1180. The van der Waals surface area contributed by atoms with E-state index in [-0.39, 0.29) is 23.6 Å². The number of fused-ring (bicyclic) bond motifs is 1. The van der Waals surface area contributed by atoms with Crippen molar-refractivity contribution in [1.29, 1.82) is 0 Å². The fourth-order valence-corrected chi connectivity index (χ4v) is 3.85. The van der Waals surface area contributed by atoms with E-state index in [1.165, 1.54) is 13.3 Å². The van der Waals surface area contributed by atoms with Crippen LogP contribution >= 0.6 is 0 Å². The van der Waals surface area contributed by atoms with Crippen LogP contribution in [0.3, 0.4) is 0 Å². The minimum absolute atomic E-state index is 0.0337. The van der Waals surface area contributed by atoms with E-state index < -0.39 is 0 Å². The van der Waals surface area contributed by atoms with Crippen molar-refractivity contribution in [2.45, 2.75) is 18.8 Å². The Hall–Kier alpha value is -3.94. The monoisotopic (exact) mass is 433 g/mol. The number of rotatable bonds is 6. The summed E-state index contributed by atoms with van der Waals surface area (Å²) in [5, 5.41) is 2.70. The first-order valence-corrected chi connectivity index (χ1v) is 10.1. The largest absolute Gasteiger partial charge is 0.496 e. The molecule has 1 aliphatic carbocycles. The summed E-state index contributed by atoms with van der Waals surface area (Å²) < 4.78 is 15.9. The van der Waals surface area contributed by atoms with Gasteiger partial charge in [-0.25, -0.2) is 9.97 Å². The summed E-state index contributed by atoms with van der Waals surface area (Å²) in [4.78, 5) is 34.1. The average molecular weight is 433 g/mol. The van der Waals surface area contributed by atoms with Gasteiger partial charge in [0.05, 0.1) is 38.2 Å². The Morgan fingerprint density at radius 3 is 2.47 bits per heavy atom. The smallest absolute Gasteiger partial charge is 0.261 e. The summed E-state index contributed by atoms with van der Waals surface area (Å²) in [6.45, 7) is 0. The number of benzene rings is 2. The number of ether oxygens (including phenoxy) is 3. The SMILES string of the molecule is COc1ccc(C2CC(=O)c3cnc(NC(=O)c4ccccc4OC)nc3C2)cc1OC. The summed E-state index contributed by atoms with van der Waals surface area (Å²) in [5.74, 6) is 1.34. The molecule has 0 aliphatic heterocycles. The molecule has 1 unspecified atom stereocenters. The molecule has 164 valence electrons. The van der Waals surface area contributed by atoms with Crippen molar-refractivity contribution in [3.05, 3.63) is 71.0 Å². The fraction of sp³-hybridized carbons (Fsp3) is 0.250. The topological polar surface area (TPSA) is 99.6 Å². The van der Waals surface area contributed by atoms with E-state index in [1.54, 1.807) is 38.5 Å². The van der Waals surface area contributed by atoms with Crippen molar-refractivity contribution in [1.82, 2.24) is 9.97 Å². The van der Waals surface area contributed by atoms with E-state index in [0.717, 1.165) is 5.56 Å². The van der Waals surface area contributed by atoms with Gasteiger partial charge in [0.25, 0.3) is 5.91 Å². The molecule has 0 spiro atoms. The van der Waals surface area contributed by atoms with Crippen molar-refractivity contribution in [3.63, 3.8) is 0 Å². The Kier molecular flexibility index (Phi) is 6.02. The highest BCUT2D eigenvalue weighted by Gasteiger charge is 2.29. The second-order valence-corrected chi connectivity index (χ2v) is 7.35. The van der Waals surface area contributed by atoms with Crippen molar-refractivity contribution in [3.8, 4) is 17.2 Å². The molecule has 1 amide bonds. The molecule has 1 atom stereocenters. The van der Waals surface area contributed by atoms with Crippen LogP contribution in [0.5, 0.6) is 17.2 Å². The van der Waals surface area contributed by atoms with Crippen LogP contribution < -0.4 is 19.5 Å². The lowest BCUT2D eigenvalue weighted by molar-refractivity contribution is 0.0962. The molecular weight excluding hydrogens is 410 g/mol. The highest BCUT2D eigenvalue weighted by Crippen LogP contribution is 2.36. The second kappa shape index (κ2) is 9.05. The van der Waals surface area contributed by atoms with Crippen molar-refractivity contribution >= 4 is 17.6 Å². The van der Waals surface area contributed by atoms with Crippen molar-refractivity contribution < 1.29 is 23.8 Å². The van der Waals surface area contributed by atoms with Crippen LogP contribution in [0.15, 0.2) is 48.7 Å². The molecule has 3 aromatic rings. The number of nitrogens with one attached hydrogen (secondary N) is 1. The van der Waals surface area contributed by atoms with Gasteiger partial charge >= 0.3 is 0 Å². The number of carbonyl (C=O) groups excluding carboxylic acids is 2. The van der Waals surface area contributed by atoms with Crippen molar-refractivity contribution in [2.75, 3.05) is 26.6 Å². The number of amides is 1. The lowest BCUT2D eigenvalue weighted by Gasteiger charge is -2.24. The van der Waals surface area contributed by atoms with E-state index in [2.05, 4.69) is 15.3 Å². The molecule has 1 N–H and O–H groups in total. The van der Waals surface area contributed by atoms with Gasteiger partial charge in [0, 0.05) is 12.6 Å². The first-order valence-electron chi connectivity index (χ1n) is 10.1. The molecule has 0 radical (unpaired) electrons. The summed E-state index contributed by atoms with van der Waals surface area (Å²) in [6.07, 6.45) is 2.36.